The minimum atomic E-state index is 0.0612. The van der Waals surface area contributed by atoms with Crippen molar-refractivity contribution in [1.29, 1.82) is 5.26 Å². The van der Waals surface area contributed by atoms with Crippen LogP contribution >= 0.6 is 0 Å². The molecule has 0 aliphatic carbocycles. The van der Waals surface area contributed by atoms with E-state index in [9.17, 15) is 0 Å². The van der Waals surface area contributed by atoms with Crippen molar-refractivity contribution in [2.45, 2.75) is 20.0 Å². The topological polar surface area (TPSA) is 95.8 Å². The number of hydrogen-bond donors (Lipinski definition) is 2. The highest BCUT2D eigenvalue weighted by Gasteiger charge is 2.08. The number of benzene rings is 2. The number of nitrogens with one attached hydrogen (secondary N) is 2. The summed E-state index contributed by atoms with van der Waals surface area (Å²) in [5.41, 5.74) is 2.06. The molecule has 3 aromatic rings. The molecule has 0 radical (unpaired) electrons. The van der Waals surface area contributed by atoms with Gasteiger partial charge < -0.3 is 15.4 Å². The molecule has 2 N–H and O–H groups in total. The van der Waals surface area contributed by atoms with Crippen LogP contribution in [0.2, 0.25) is 0 Å². The van der Waals surface area contributed by atoms with Gasteiger partial charge in [-0.15, -0.1) is 5.10 Å². The summed E-state index contributed by atoms with van der Waals surface area (Å²) in [5.74, 6) is 1.59. The highest BCUT2D eigenvalue weighted by molar-refractivity contribution is 5.64. The molecule has 0 aliphatic rings. The van der Waals surface area contributed by atoms with Gasteiger partial charge in [-0.05, 0) is 44.2 Å². The second-order valence-corrected chi connectivity index (χ2v) is 5.77. The molecule has 0 spiro atoms. The molecule has 0 bridgehead atoms. The van der Waals surface area contributed by atoms with Crippen molar-refractivity contribution in [1.82, 2.24) is 15.2 Å². The third-order valence-electron chi connectivity index (χ3n) is 3.32. The van der Waals surface area contributed by atoms with Crippen LogP contribution in [0.25, 0.3) is 0 Å². The molecule has 1 aromatic heterocycles. The number of ether oxygens (including phenoxy) is 1. The second kappa shape index (κ2) is 7.94. The van der Waals surface area contributed by atoms with Gasteiger partial charge in [0, 0.05) is 5.69 Å². The minimum Gasteiger partial charge on any atom is -0.489 e. The predicted octanol–water partition coefficient (Wildman–Crippen LogP) is 4.02. The molecule has 26 heavy (non-hydrogen) atoms. The highest BCUT2D eigenvalue weighted by atomic mass is 16.5. The van der Waals surface area contributed by atoms with E-state index in [1.807, 2.05) is 44.2 Å². The van der Waals surface area contributed by atoms with E-state index in [-0.39, 0.29) is 6.10 Å². The molecule has 1 heterocycles. The number of para-hydroxylation sites is 2. The van der Waals surface area contributed by atoms with Crippen LogP contribution in [0.5, 0.6) is 5.75 Å². The lowest BCUT2D eigenvalue weighted by Crippen LogP contribution is -2.08. The van der Waals surface area contributed by atoms with Crippen LogP contribution in [0.4, 0.5) is 23.1 Å². The van der Waals surface area contributed by atoms with E-state index in [2.05, 4.69) is 31.9 Å². The standard InChI is InChI=1S/C19H18N6O/c1-13(2)26-17-9-4-3-8-16(17)23-18-12-21-25-19(24-18)22-15-7-5-6-14(10-15)11-20/h3-10,12-13H,1-2H3,(H2,22,23,24,25). The van der Waals surface area contributed by atoms with Gasteiger partial charge in [-0.2, -0.15) is 15.3 Å². The third-order valence-corrected chi connectivity index (χ3v) is 3.32. The lowest BCUT2D eigenvalue weighted by atomic mass is 10.2. The molecule has 2 aromatic carbocycles. The van der Waals surface area contributed by atoms with Crippen molar-refractivity contribution in [3.05, 3.63) is 60.3 Å². The summed E-state index contributed by atoms with van der Waals surface area (Å²) in [6.07, 6.45) is 1.59. The lowest BCUT2D eigenvalue weighted by molar-refractivity contribution is 0.244. The summed E-state index contributed by atoms with van der Waals surface area (Å²) in [7, 11) is 0. The second-order valence-electron chi connectivity index (χ2n) is 5.77. The molecule has 0 amide bonds. The number of hydrogen-bond acceptors (Lipinski definition) is 7. The summed E-state index contributed by atoms with van der Waals surface area (Å²) in [4.78, 5) is 4.40. The van der Waals surface area contributed by atoms with Gasteiger partial charge in [0.05, 0.1) is 29.6 Å². The monoisotopic (exact) mass is 346 g/mol. The zero-order valence-corrected chi connectivity index (χ0v) is 14.5. The zero-order valence-electron chi connectivity index (χ0n) is 14.5. The van der Waals surface area contributed by atoms with Gasteiger partial charge in [0.15, 0.2) is 5.82 Å². The Morgan fingerprint density at radius 2 is 1.92 bits per heavy atom. The van der Waals surface area contributed by atoms with Gasteiger partial charge in [-0.25, -0.2) is 0 Å². The molecule has 130 valence electrons. The van der Waals surface area contributed by atoms with E-state index in [4.69, 9.17) is 10.00 Å². The van der Waals surface area contributed by atoms with E-state index < -0.39 is 0 Å². The van der Waals surface area contributed by atoms with Crippen LogP contribution in [0.1, 0.15) is 19.4 Å². The Kier molecular flexibility index (Phi) is 5.25. The van der Waals surface area contributed by atoms with E-state index >= 15 is 0 Å². The molecule has 7 nitrogen and oxygen atoms in total. The fourth-order valence-electron chi connectivity index (χ4n) is 2.28. The Morgan fingerprint density at radius 3 is 2.73 bits per heavy atom. The first-order valence-corrected chi connectivity index (χ1v) is 8.13. The molecule has 0 saturated carbocycles. The smallest absolute Gasteiger partial charge is 0.249 e. The summed E-state index contributed by atoms with van der Waals surface area (Å²) in [6, 6.07) is 16.8. The van der Waals surface area contributed by atoms with Crippen LogP contribution in [-0.4, -0.2) is 21.3 Å². The maximum Gasteiger partial charge on any atom is 0.249 e. The van der Waals surface area contributed by atoms with Crippen molar-refractivity contribution in [2.24, 2.45) is 0 Å². The summed E-state index contributed by atoms with van der Waals surface area (Å²) < 4.78 is 5.80. The molecular weight excluding hydrogens is 328 g/mol. The number of anilines is 4. The lowest BCUT2D eigenvalue weighted by Gasteiger charge is -2.15. The van der Waals surface area contributed by atoms with Crippen LogP contribution in [0.3, 0.4) is 0 Å². The molecule has 3 rings (SSSR count). The largest absolute Gasteiger partial charge is 0.489 e. The quantitative estimate of drug-likeness (QED) is 0.696. The van der Waals surface area contributed by atoms with Crippen molar-refractivity contribution >= 4 is 23.1 Å². The molecule has 0 unspecified atom stereocenters. The third kappa shape index (κ3) is 4.45. The van der Waals surface area contributed by atoms with E-state index in [1.165, 1.54) is 6.20 Å². The Hall–Kier alpha value is -3.66. The van der Waals surface area contributed by atoms with E-state index in [1.54, 1.807) is 18.2 Å². The van der Waals surface area contributed by atoms with Gasteiger partial charge in [-0.3, -0.25) is 0 Å². The summed E-state index contributed by atoms with van der Waals surface area (Å²) in [5, 5.41) is 23.2. The first-order chi connectivity index (χ1) is 12.6. The maximum atomic E-state index is 8.98. The molecule has 0 fully saturated rings. The number of nitrogens with zero attached hydrogens (tertiary/aromatic N) is 4. The van der Waals surface area contributed by atoms with Crippen LogP contribution in [-0.2, 0) is 0 Å². The van der Waals surface area contributed by atoms with Crippen molar-refractivity contribution in [3.8, 4) is 11.8 Å². The Bertz CT molecular complexity index is 935. The van der Waals surface area contributed by atoms with Crippen LogP contribution in [0, 0.1) is 11.3 Å². The molecule has 0 atom stereocenters. The Labute approximate surface area is 151 Å². The first kappa shape index (κ1) is 17.2. The number of rotatable bonds is 6. The summed E-state index contributed by atoms with van der Waals surface area (Å²) >= 11 is 0. The highest BCUT2D eigenvalue weighted by Crippen LogP contribution is 2.27. The number of aromatic nitrogens is 3. The molecule has 0 saturated heterocycles. The van der Waals surface area contributed by atoms with Gasteiger partial charge in [0.1, 0.15) is 5.75 Å². The normalized spacial score (nSPS) is 10.2. The Morgan fingerprint density at radius 1 is 1.08 bits per heavy atom. The molecule has 7 heteroatoms. The van der Waals surface area contributed by atoms with Gasteiger partial charge >= 0.3 is 0 Å². The van der Waals surface area contributed by atoms with Crippen LogP contribution in [0.15, 0.2) is 54.7 Å². The number of nitriles is 1. The fourth-order valence-corrected chi connectivity index (χ4v) is 2.28. The average molecular weight is 346 g/mol. The van der Waals surface area contributed by atoms with E-state index in [0.717, 1.165) is 11.4 Å². The summed E-state index contributed by atoms with van der Waals surface area (Å²) in [6.45, 7) is 3.95. The SMILES string of the molecule is CC(C)Oc1ccccc1Nc1cnnc(Nc2cccc(C#N)c2)n1. The van der Waals surface area contributed by atoms with Gasteiger partial charge in [-0.1, -0.05) is 18.2 Å². The minimum absolute atomic E-state index is 0.0612. The average Bonchev–Trinajstić information content (AvgIpc) is 2.63. The predicted molar refractivity (Wildman–Crippen MR) is 99.8 cm³/mol. The van der Waals surface area contributed by atoms with Crippen LogP contribution < -0.4 is 15.4 Å². The van der Waals surface area contributed by atoms with Gasteiger partial charge in [0.2, 0.25) is 5.95 Å². The Balaban J connectivity index is 1.79. The van der Waals surface area contributed by atoms with Crippen molar-refractivity contribution in [3.63, 3.8) is 0 Å². The van der Waals surface area contributed by atoms with Crippen molar-refractivity contribution in [2.75, 3.05) is 10.6 Å². The molecular formula is C19H18N6O. The van der Waals surface area contributed by atoms with E-state index in [0.29, 0.717) is 23.0 Å². The first-order valence-electron chi connectivity index (χ1n) is 8.13. The van der Waals surface area contributed by atoms with Gasteiger partial charge in [0.25, 0.3) is 0 Å². The van der Waals surface area contributed by atoms with Crippen molar-refractivity contribution < 1.29 is 4.74 Å². The zero-order chi connectivity index (χ0) is 18.4. The fraction of sp³-hybridized carbons (Fsp3) is 0.158. The molecule has 0 aliphatic heterocycles. The maximum absolute atomic E-state index is 8.98.